The first-order valence-electron chi connectivity index (χ1n) is 8.86. The van der Waals surface area contributed by atoms with Gasteiger partial charge in [0, 0.05) is 38.1 Å². The van der Waals surface area contributed by atoms with Crippen molar-refractivity contribution < 1.29 is 5.11 Å². The summed E-state index contributed by atoms with van der Waals surface area (Å²) in [5, 5.41) is 25.2. The highest BCUT2D eigenvalue weighted by molar-refractivity contribution is 6.45. The summed E-state index contributed by atoms with van der Waals surface area (Å²) in [4.78, 5) is -1.09. The fourth-order valence-electron chi connectivity index (χ4n) is 3.85. The van der Waals surface area contributed by atoms with E-state index in [0.29, 0.717) is 5.56 Å². The molecule has 0 fully saturated rings. The average Bonchev–Trinajstić information content (AvgIpc) is 3.04. The molecular formula is C21H24Cl2N3O. The minimum Gasteiger partial charge on any atom is -0.391 e. The lowest BCUT2D eigenvalue weighted by Gasteiger charge is -2.31. The molecule has 2 aromatic carbocycles. The lowest BCUT2D eigenvalue weighted by molar-refractivity contribution is -0.00498. The Hall–Kier alpha value is -1.88. The third-order valence-corrected chi connectivity index (χ3v) is 6.03. The second kappa shape index (κ2) is 7.63. The van der Waals surface area contributed by atoms with Crippen LogP contribution in [0.4, 0.5) is 0 Å². The second-order valence-corrected chi connectivity index (χ2v) is 7.86. The quantitative estimate of drug-likeness (QED) is 0.634. The summed E-state index contributed by atoms with van der Waals surface area (Å²) < 4.78 is 0. The zero-order chi connectivity index (χ0) is 19.8. The number of hydrogen-bond donors (Lipinski definition) is 3. The van der Waals surface area contributed by atoms with Gasteiger partial charge >= 0.3 is 0 Å². The fraction of sp³-hybridized carbons (Fsp3) is 0.333. The van der Waals surface area contributed by atoms with Gasteiger partial charge in [-0.3, -0.25) is 0 Å². The molecule has 1 radical (unpaired) electrons. The molecule has 0 bridgehead atoms. The van der Waals surface area contributed by atoms with Gasteiger partial charge in [-0.15, -0.1) is 23.2 Å². The van der Waals surface area contributed by atoms with Crippen molar-refractivity contribution in [1.82, 2.24) is 16.0 Å². The number of likely N-dealkylation sites (N-methyl/N-ethyl adjacent to an activating group) is 3. The van der Waals surface area contributed by atoms with Crippen molar-refractivity contribution in [3.05, 3.63) is 70.7 Å². The van der Waals surface area contributed by atoms with Gasteiger partial charge in [0.25, 0.3) is 0 Å². The summed E-state index contributed by atoms with van der Waals surface area (Å²) >= 11 is 12.3. The molecule has 27 heavy (non-hydrogen) atoms. The molecule has 0 heterocycles. The van der Waals surface area contributed by atoms with E-state index in [4.69, 9.17) is 23.2 Å². The van der Waals surface area contributed by atoms with Crippen LogP contribution in [-0.4, -0.2) is 26.0 Å². The minimum atomic E-state index is -1.67. The summed E-state index contributed by atoms with van der Waals surface area (Å²) in [7, 11) is 5.65. The SMILES string of the molecule is CNC1=CC(NC)=C(NC)C1c1ccc2ccccc2c1C(C)([O])C(Cl)Cl. The molecule has 1 aliphatic rings. The van der Waals surface area contributed by atoms with Crippen molar-refractivity contribution >= 4 is 34.0 Å². The van der Waals surface area contributed by atoms with E-state index in [2.05, 4.69) is 22.0 Å². The number of hydrogen-bond acceptors (Lipinski definition) is 3. The van der Waals surface area contributed by atoms with Crippen LogP contribution in [0, 0.1) is 0 Å². The smallest absolute Gasteiger partial charge is 0.156 e. The molecule has 3 rings (SSSR count). The molecule has 0 amide bonds. The molecule has 0 aromatic heterocycles. The van der Waals surface area contributed by atoms with Crippen LogP contribution in [0.15, 0.2) is 59.6 Å². The monoisotopic (exact) mass is 404 g/mol. The standard InChI is InChI=1S/C21H24Cl2N3O/c1-21(27,20(22)23)18-13-8-6-5-7-12(13)9-10-14(18)17-15(24-2)11-16(25-3)19(17)26-4/h5-11,17,20,24-26H,1-4H3. The van der Waals surface area contributed by atoms with Gasteiger partial charge in [0.2, 0.25) is 0 Å². The molecule has 0 spiro atoms. The highest BCUT2D eigenvalue weighted by atomic mass is 35.5. The van der Waals surface area contributed by atoms with E-state index in [1.807, 2.05) is 57.5 Å². The zero-order valence-corrected chi connectivity index (χ0v) is 17.4. The molecular weight excluding hydrogens is 381 g/mol. The molecule has 6 heteroatoms. The summed E-state index contributed by atoms with van der Waals surface area (Å²) in [6.07, 6.45) is 2.05. The summed E-state index contributed by atoms with van der Waals surface area (Å²) in [6.45, 7) is 1.56. The number of alkyl halides is 2. The Labute approximate surface area is 170 Å². The molecule has 143 valence electrons. The first-order valence-corrected chi connectivity index (χ1v) is 9.73. The number of benzene rings is 2. The van der Waals surface area contributed by atoms with Crippen molar-refractivity contribution in [1.29, 1.82) is 0 Å². The first kappa shape index (κ1) is 19.9. The summed E-state index contributed by atoms with van der Waals surface area (Å²) in [5.74, 6) is -0.137. The van der Waals surface area contributed by atoms with Crippen LogP contribution >= 0.6 is 23.2 Å². The number of nitrogens with one attached hydrogen (secondary N) is 3. The highest BCUT2D eigenvalue weighted by Gasteiger charge is 2.40. The van der Waals surface area contributed by atoms with Crippen LogP contribution in [0.25, 0.3) is 10.8 Å². The number of rotatable bonds is 6. The van der Waals surface area contributed by atoms with E-state index in [1.54, 1.807) is 6.92 Å². The van der Waals surface area contributed by atoms with E-state index in [-0.39, 0.29) is 5.92 Å². The lowest BCUT2D eigenvalue weighted by Crippen LogP contribution is -2.31. The van der Waals surface area contributed by atoms with E-state index in [9.17, 15) is 5.11 Å². The van der Waals surface area contributed by atoms with Gasteiger partial charge in [0.05, 0.1) is 11.6 Å². The van der Waals surface area contributed by atoms with Crippen LogP contribution in [0.2, 0.25) is 0 Å². The highest BCUT2D eigenvalue weighted by Crippen LogP contribution is 2.45. The molecule has 1 aliphatic carbocycles. The molecule has 2 unspecified atom stereocenters. The van der Waals surface area contributed by atoms with Gasteiger partial charge in [0.1, 0.15) is 4.84 Å². The van der Waals surface area contributed by atoms with E-state index < -0.39 is 10.4 Å². The normalized spacial score (nSPS) is 19.3. The van der Waals surface area contributed by atoms with Gasteiger partial charge in [-0.05, 0) is 29.3 Å². The number of allylic oxidation sites excluding steroid dienone is 1. The van der Waals surface area contributed by atoms with Crippen molar-refractivity contribution in [2.24, 2.45) is 0 Å². The van der Waals surface area contributed by atoms with Gasteiger partial charge in [-0.25, -0.2) is 5.11 Å². The maximum atomic E-state index is 13.6. The minimum absolute atomic E-state index is 0.137. The molecule has 4 nitrogen and oxygen atoms in total. The summed E-state index contributed by atoms with van der Waals surface area (Å²) in [6, 6.07) is 11.9. The van der Waals surface area contributed by atoms with Crippen LogP contribution in [0.5, 0.6) is 0 Å². The predicted molar refractivity (Wildman–Crippen MR) is 113 cm³/mol. The van der Waals surface area contributed by atoms with Crippen LogP contribution < -0.4 is 16.0 Å². The third-order valence-electron chi connectivity index (χ3n) is 5.20. The molecule has 0 saturated carbocycles. The first-order chi connectivity index (χ1) is 12.9. The van der Waals surface area contributed by atoms with Gasteiger partial charge in [0.15, 0.2) is 5.60 Å². The van der Waals surface area contributed by atoms with Crippen LogP contribution in [0.3, 0.4) is 0 Å². The van der Waals surface area contributed by atoms with Crippen molar-refractivity contribution in [2.45, 2.75) is 23.3 Å². The fourth-order valence-corrected chi connectivity index (χ4v) is 4.06. The predicted octanol–water partition coefficient (Wildman–Crippen LogP) is 4.14. The van der Waals surface area contributed by atoms with Gasteiger partial charge < -0.3 is 16.0 Å². The van der Waals surface area contributed by atoms with Crippen molar-refractivity contribution in [3.8, 4) is 0 Å². The Balaban J connectivity index is 2.35. The Bertz CT molecular complexity index is 919. The largest absolute Gasteiger partial charge is 0.391 e. The van der Waals surface area contributed by atoms with Crippen LogP contribution in [-0.2, 0) is 10.7 Å². The Morgan fingerprint density at radius 1 is 1.00 bits per heavy atom. The Kier molecular flexibility index (Phi) is 5.61. The van der Waals surface area contributed by atoms with E-state index in [1.165, 1.54) is 0 Å². The maximum absolute atomic E-state index is 13.6. The number of halogens is 2. The Morgan fingerprint density at radius 2 is 1.70 bits per heavy atom. The van der Waals surface area contributed by atoms with Crippen molar-refractivity contribution in [2.75, 3.05) is 21.1 Å². The van der Waals surface area contributed by atoms with Crippen molar-refractivity contribution in [3.63, 3.8) is 0 Å². The van der Waals surface area contributed by atoms with Crippen LogP contribution in [0.1, 0.15) is 24.0 Å². The molecule has 2 aromatic rings. The topological polar surface area (TPSA) is 56.0 Å². The summed E-state index contributed by atoms with van der Waals surface area (Å²) in [5.41, 5.74) is 2.83. The van der Waals surface area contributed by atoms with Gasteiger partial charge in [-0.1, -0.05) is 36.4 Å². The third kappa shape index (κ3) is 3.27. The number of fused-ring (bicyclic) bond motifs is 1. The van der Waals surface area contributed by atoms with Gasteiger partial charge in [-0.2, -0.15) is 0 Å². The average molecular weight is 405 g/mol. The molecule has 2 atom stereocenters. The molecule has 0 saturated heterocycles. The molecule has 0 aliphatic heterocycles. The lowest BCUT2D eigenvalue weighted by atomic mass is 9.81. The second-order valence-electron chi connectivity index (χ2n) is 6.77. The zero-order valence-electron chi connectivity index (χ0n) is 15.9. The maximum Gasteiger partial charge on any atom is 0.156 e. The van der Waals surface area contributed by atoms with E-state index >= 15 is 0 Å². The van der Waals surface area contributed by atoms with E-state index in [0.717, 1.165) is 33.4 Å². The molecule has 3 N–H and O–H groups in total. The Morgan fingerprint density at radius 3 is 2.30 bits per heavy atom.